The number of oxime groups is 1. The maximum Gasteiger partial charge on any atom is 0.415 e. The molecule has 1 atom stereocenters. The molecule has 0 saturated heterocycles. The molecule has 0 fully saturated rings. The Balaban J connectivity index is 1.98. The van der Waals surface area contributed by atoms with Crippen molar-refractivity contribution in [1.82, 2.24) is 5.32 Å². The lowest BCUT2D eigenvalue weighted by atomic mass is 10.1. The number of fused-ring (bicyclic) bond motifs is 1. The van der Waals surface area contributed by atoms with Crippen molar-refractivity contribution < 1.29 is 32.7 Å². The van der Waals surface area contributed by atoms with Crippen LogP contribution in [0.5, 0.6) is 0 Å². The first kappa shape index (κ1) is 18.7. The highest BCUT2D eigenvalue weighted by atomic mass is 32.1. The van der Waals surface area contributed by atoms with Crippen molar-refractivity contribution in [1.29, 1.82) is 0 Å². The second-order valence-electron chi connectivity index (χ2n) is 5.92. The molecule has 1 aromatic heterocycles. The number of amides is 1. The standard InChI is InChI=1S/C15H10F3N2O4S.Al.2H/c16-15(17,18)10-5-9(20-24-10)12-7-3-1-2-4-8(7)13(25-12)14(23)19-6-11(21)22;;;/h1-4H,5-6H2,(H,19,23)(H,21,22);;;. The van der Waals surface area contributed by atoms with Gasteiger partial charge in [0.25, 0.3) is 5.91 Å². The molecule has 11 heteroatoms. The Hall–Kier alpha value is -2.09. The first-order chi connectivity index (χ1) is 12.1. The first-order valence-corrected chi connectivity index (χ1v) is 9.28. The lowest BCUT2D eigenvalue weighted by Crippen LogP contribution is -2.45. The second-order valence-corrected chi connectivity index (χ2v) is 8.55. The van der Waals surface area contributed by atoms with Gasteiger partial charge in [-0.15, -0.1) is 11.3 Å². The van der Waals surface area contributed by atoms with Gasteiger partial charge in [0.2, 0.25) is 0 Å². The fourth-order valence-corrected chi connectivity index (χ4v) is 4.12. The van der Waals surface area contributed by atoms with Crippen molar-refractivity contribution in [3.63, 3.8) is 0 Å². The molecule has 2 aromatic rings. The minimum absolute atomic E-state index is 0.135. The first-order valence-electron chi connectivity index (χ1n) is 7.46. The average Bonchev–Trinajstić information content (AvgIpc) is 3.14. The number of aliphatic carboxylic acids is 1. The van der Waals surface area contributed by atoms with Gasteiger partial charge in [0.1, 0.15) is 17.1 Å². The van der Waals surface area contributed by atoms with Gasteiger partial charge < -0.3 is 15.3 Å². The van der Waals surface area contributed by atoms with Gasteiger partial charge in [0.15, 0.2) is 4.46 Å². The third-order valence-corrected chi connectivity index (χ3v) is 6.32. The predicted octanol–water partition coefficient (Wildman–Crippen LogP) is 1.73. The van der Waals surface area contributed by atoms with E-state index < -0.39 is 35.5 Å². The summed E-state index contributed by atoms with van der Waals surface area (Å²) >= 11 is 0.685. The van der Waals surface area contributed by atoms with E-state index in [9.17, 15) is 22.8 Å². The number of hydrogen-bond acceptors (Lipinski definition) is 5. The van der Waals surface area contributed by atoms with Crippen molar-refractivity contribution in [2.24, 2.45) is 5.16 Å². The van der Waals surface area contributed by atoms with Gasteiger partial charge in [-0.3, -0.25) is 9.59 Å². The summed E-state index contributed by atoms with van der Waals surface area (Å²) in [6.07, 6.45) is -4.94. The molecule has 2 heterocycles. The van der Waals surface area contributed by atoms with Crippen LogP contribution >= 0.6 is 11.3 Å². The number of rotatable bonds is 4. The van der Waals surface area contributed by atoms with E-state index in [0.717, 1.165) is 11.3 Å². The summed E-state index contributed by atoms with van der Waals surface area (Å²) in [5.74, 6) is -1.80. The number of hydrogen-bond donors (Lipinski definition) is 2. The number of alkyl halides is 3. The zero-order valence-electron chi connectivity index (χ0n) is 13.4. The van der Waals surface area contributed by atoms with Crippen molar-refractivity contribution in [3.8, 4) is 0 Å². The van der Waals surface area contributed by atoms with E-state index in [-0.39, 0.29) is 26.9 Å². The lowest BCUT2D eigenvalue weighted by Gasteiger charge is -2.25. The highest BCUT2D eigenvalue weighted by Gasteiger charge is 2.56. The van der Waals surface area contributed by atoms with Crippen LogP contribution in [0.4, 0.5) is 13.2 Å². The fraction of sp³-hybridized carbons (Fsp3) is 0.267. The number of carboxylic acids is 1. The minimum atomic E-state index is -4.53. The number of benzene rings is 1. The number of carboxylic acid groups (broad SMARTS) is 1. The number of nitrogens with one attached hydrogen (secondary N) is 1. The Morgan fingerprint density at radius 2 is 2.00 bits per heavy atom. The molecule has 3 rings (SSSR count). The van der Waals surface area contributed by atoms with Gasteiger partial charge in [0.05, 0.1) is 4.88 Å². The van der Waals surface area contributed by atoms with Crippen molar-refractivity contribution >= 4 is 56.0 Å². The highest BCUT2D eigenvalue weighted by Crippen LogP contribution is 2.41. The zero-order chi connectivity index (χ0) is 19.1. The van der Waals surface area contributed by atoms with Crippen LogP contribution in [0.25, 0.3) is 10.8 Å². The van der Waals surface area contributed by atoms with Crippen molar-refractivity contribution in [2.45, 2.75) is 17.1 Å². The predicted molar refractivity (Wildman–Crippen MR) is 91.4 cm³/mol. The van der Waals surface area contributed by atoms with Crippen LogP contribution in [0.1, 0.15) is 21.0 Å². The molecule has 0 radical (unpaired) electrons. The largest absolute Gasteiger partial charge is 0.480 e. The lowest BCUT2D eigenvalue weighted by molar-refractivity contribution is -0.233. The van der Waals surface area contributed by atoms with Gasteiger partial charge >= 0.3 is 28.4 Å². The van der Waals surface area contributed by atoms with E-state index in [1.165, 1.54) is 0 Å². The molecule has 1 amide bonds. The van der Waals surface area contributed by atoms with Gasteiger partial charge in [-0.25, -0.2) is 0 Å². The third-order valence-electron chi connectivity index (χ3n) is 3.95. The van der Waals surface area contributed by atoms with Crippen LogP contribution in [0, 0.1) is 0 Å². The maximum atomic E-state index is 13.2. The fourth-order valence-electron chi connectivity index (χ4n) is 2.52. The van der Waals surface area contributed by atoms with E-state index >= 15 is 0 Å². The molecule has 1 unspecified atom stereocenters. The molecule has 1 aromatic carbocycles. The maximum absolute atomic E-state index is 13.2. The molecule has 26 heavy (non-hydrogen) atoms. The monoisotopic (exact) mass is 400 g/mol. The number of thiophene rings is 1. The summed E-state index contributed by atoms with van der Waals surface area (Å²) in [7, 11) is 0. The van der Waals surface area contributed by atoms with E-state index in [0.29, 0.717) is 15.6 Å². The minimum Gasteiger partial charge on any atom is -0.480 e. The van der Waals surface area contributed by atoms with Crippen LogP contribution in [0.3, 0.4) is 0 Å². The topological polar surface area (TPSA) is 88.0 Å². The van der Waals surface area contributed by atoms with Gasteiger partial charge in [-0.1, -0.05) is 29.4 Å². The SMILES string of the molecule is O=C(O)CNC(=O)c1sc(C2=NO[C]([AlH2])(C(F)(F)F)C2)c2ccccc12. The van der Waals surface area contributed by atoms with Gasteiger partial charge in [-0.2, -0.15) is 13.2 Å². The van der Waals surface area contributed by atoms with Gasteiger partial charge in [0, 0.05) is 17.2 Å². The van der Waals surface area contributed by atoms with E-state index in [2.05, 4.69) is 10.5 Å². The van der Waals surface area contributed by atoms with E-state index in [1.54, 1.807) is 24.3 Å². The molecule has 0 aliphatic carbocycles. The van der Waals surface area contributed by atoms with Crippen LogP contribution in [0.2, 0.25) is 0 Å². The quantitative estimate of drug-likeness (QED) is 0.766. The zero-order valence-corrected chi connectivity index (χ0v) is 16.2. The summed E-state index contributed by atoms with van der Waals surface area (Å²) < 4.78 is 37.3. The molecule has 136 valence electrons. The number of carbonyl (C=O) groups is 2. The Labute approximate surface area is 157 Å². The normalized spacial score (nSPS) is 19.9. The molecule has 6 nitrogen and oxygen atoms in total. The number of nitrogens with zero attached hydrogens (tertiary/aromatic N) is 1. The van der Waals surface area contributed by atoms with Gasteiger partial charge in [-0.05, 0) is 0 Å². The van der Waals surface area contributed by atoms with Crippen LogP contribution in [-0.4, -0.2) is 56.2 Å². The summed E-state index contributed by atoms with van der Waals surface area (Å²) in [5.41, 5.74) is 0.135. The molecule has 0 saturated carbocycles. The van der Waals surface area contributed by atoms with Crippen LogP contribution < -0.4 is 5.32 Å². The Morgan fingerprint density at radius 3 is 2.58 bits per heavy atom. The second kappa shape index (κ2) is 6.57. The highest BCUT2D eigenvalue weighted by molar-refractivity contribution is 7.18. The summed E-state index contributed by atoms with van der Waals surface area (Å²) in [6, 6.07) is 6.72. The summed E-state index contributed by atoms with van der Waals surface area (Å²) in [4.78, 5) is 28.3. The number of halogens is 3. The Kier molecular flexibility index (Phi) is 4.73. The molecule has 1 aliphatic heterocycles. The Bertz CT molecular complexity index is 927. The van der Waals surface area contributed by atoms with E-state index in [1.807, 2.05) is 0 Å². The van der Waals surface area contributed by atoms with Crippen molar-refractivity contribution in [2.75, 3.05) is 6.54 Å². The average molecular weight is 400 g/mol. The number of carbonyl (C=O) groups excluding carboxylic acids is 1. The molecule has 0 spiro atoms. The molecular formula is C15H12AlF3N2O4S. The summed E-state index contributed by atoms with van der Waals surface area (Å²) in [6.45, 7) is -0.553. The van der Waals surface area contributed by atoms with Crippen molar-refractivity contribution in [3.05, 3.63) is 34.0 Å². The molecular weight excluding hydrogens is 388 g/mol. The smallest absolute Gasteiger partial charge is 0.415 e. The van der Waals surface area contributed by atoms with Crippen LogP contribution in [-0.2, 0) is 9.63 Å². The molecule has 2 N–H and O–H groups in total. The third kappa shape index (κ3) is 3.30. The summed E-state index contributed by atoms with van der Waals surface area (Å²) in [5, 5.41) is 15.7. The molecule has 0 bridgehead atoms. The van der Waals surface area contributed by atoms with E-state index in [4.69, 9.17) is 9.94 Å². The molecule has 1 aliphatic rings. The van der Waals surface area contributed by atoms with Crippen LogP contribution in [0.15, 0.2) is 29.4 Å². The Morgan fingerprint density at radius 1 is 1.35 bits per heavy atom.